The van der Waals surface area contributed by atoms with Crippen LogP contribution in [0.4, 0.5) is 5.69 Å². The number of hydrogen-bond acceptors (Lipinski definition) is 3. The smallest absolute Gasteiger partial charge is 0.161 e. The number of benzene rings is 1. The van der Waals surface area contributed by atoms with Gasteiger partial charge in [0.2, 0.25) is 0 Å². The molecule has 0 fully saturated rings. The first-order valence-electron chi connectivity index (χ1n) is 6.28. The molecule has 1 aliphatic heterocycles. The number of halogens is 1. The zero-order chi connectivity index (χ0) is 13.1. The molecule has 0 amide bonds. The lowest BCUT2D eigenvalue weighted by Crippen LogP contribution is -2.08. The average molecular weight is 283 g/mol. The minimum absolute atomic E-state index is 0.456. The van der Waals surface area contributed by atoms with Gasteiger partial charge < -0.3 is 5.32 Å². The van der Waals surface area contributed by atoms with Crippen LogP contribution in [0.5, 0.6) is 0 Å². The maximum atomic E-state index is 6.01. The van der Waals surface area contributed by atoms with Crippen molar-refractivity contribution in [2.45, 2.75) is 33.2 Å². The van der Waals surface area contributed by atoms with E-state index in [0.717, 1.165) is 28.1 Å². The summed E-state index contributed by atoms with van der Waals surface area (Å²) in [5.74, 6) is 1.78. The molecule has 1 aromatic rings. The predicted octanol–water partition coefficient (Wildman–Crippen LogP) is 4.58. The number of amidine groups is 1. The summed E-state index contributed by atoms with van der Waals surface area (Å²) in [6.07, 6.45) is 1.16. The van der Waals surface area contributed by atoms with E-state index in [1.165, 1.54) is 5.56 Å². The van der Waals surface area contributed by atoms with Gasteiger partial charge in [0.05, 0.1) is 6.04 Å². The van der Waals surface area contributed by atoms with E-state index in [9.17, 15) is 0 Å². The van der Waals surface area contributed by atoms with Crippen molar-refractivity contribution in [1.82, 2.24) is 0 Å². The highest BCUT2D eigenvalue weighted by molar-refractivity contribution is 8.14. The third-order valence-electron chi connectivity index (χ3n) is 2.90. The number of nitrogens with one attached hydrogen (secondary N) is 1. The number of aryl methyl sites for hydroxylation is 1. The van der Waals surface area contributed by atoms with E-state index in [4.69, 9.17) is 16.6 Å². The third kappa shape index (κ3) is 3.66. The second-order valence-electron chi connectivity index (χ2n) is 5.11. The Morgan fingerprint density at radius 1 is 1.50 bits per heavy atom. The van der Waals surface area contributed by atoms with Crippen LogP contribution < -0.4 is 5.32 Å². The highest BCUT2D eigenvalue weighted by Crippen LogP contribution is 2.26. The van der Waals surface area contributed by atoms with Gasteiger partial charge in [-0.2, -0.15) is 0 Å². The molecule has 0 radical (unpaired) electrons. The Balaban J connectivity index is 2.04. The number of anilines is 1. The average Bonchev–Trinajstić information content (AvgIpc) is 2.70. The van der Waals surface area contributed by atoms with Crippen LogP contribution in [0.25, 0.3) is 0 Å². The van der Waals surface area contributed by atoms with Crippen molar-refractivity contribution in [1.29, 1.82) is 0 Å². The molecule has 1 aliphatic rings. The van der Waals surface area contributed by atoms with Crippen LogP contribution in [0.15, 0.2) is 23.2 Å². The summed E-state index contributed by atoms with van der Waals surface area (Å²) in [7, 11) is 0. The molecule has 98 valence electrons. The van der Waals surface area contributed by atoms with Crippen molar-refractivity contribution < 1.29 is 0 Å². The van der Waals surface area contributed by atoms with Crippen molar-refractivity contribution in [3.63, 3.8) is 0 Å². The molecule has 4 heteroatoms. The van der Waals surface area contributed by atoms with E-state index in [1.807, 2.05) is 18.2 Å². The minimum atomic E-state index is 0.456. The van der Waals surface area contributed by atoms with Crippen LogP contribution in [-0.4, -0.2) is 17.0 Å². The lowest BCUT2D eigenvalue weighted by molar-refractivity contribution is 0.529. The van der Waals surface area contributed by atoms with E-state index in [1.54, 1.807) is 11.8 Å². The van der Waals surface area contributed by atoms with Crippen molar-refractivity contribution in [3.8, 4) is 0 Å². The van der Waals surface area contributed by atoms with Gasteiger partial charge in [0.15, 0.2) is 5.17 Å². The first-order chi connectivity index (χ1) is 8.54. The summed E-state index contributed by atoms with van der Waals surface area (Å²) in [6, 6.07) is 6.34. The molecule has 2 nitrogen and oxygen atoms in total. The Morgan fingerprint density at radius 2 is 2.28 bits per heavy atom. The SMILES string of the molecule is Cc1ccc(Cl)cc1NC1=NC(CC(C)C)CS1. The van der Waals surface area contributed by atoms with Crippen LogP contribution in [0.1, 0.15) is 25.8 Å². The second kappa shape index (κ2) is 5.98. The van der Waals surface area contributed by atoms with Crippen LogP contribution in [0.3, 0.4) is 0 Å². The van der Waals surface area contributed by atoms with E-state index in [2.05, 4.69) is 26.1 Å². The second-order valence-corrected chi connectivity index (χ2v) is 6.56. The fourth-order valence-corrected chi connectivity index (χ4v) is 3.13. The lowest BCUT2D eigenvalue weighted by atomic mass is 10.1. The molecule has 1 N–H and O–H groups in total. The molecule has 0 saturated heterocycles. The maximum Gasteiger partial charge on any atom is 0.161 e. The van der Waals surface area contributed by atoms with Gasteiger partial charge in [0.25, 0.3) is 0 Å². The fourth-order valence-electron chi connectivity index (χ4n) is 1.99. The number of thioether (sulfide) groups is 1. The number of hydrogen-bond donors (Lipinski definition) is 1. The van der Waals surface area contributed by atoms with Crippen LogP contribution in [-0.2, 0) is 0 Å². The van der Waals surface area contributed by atoms with Crippen molar-refractivity contribution in [2.24, 2.45) is 10.9 Å². The van der Waals surface area contributed by atoms with E-state index >= 15 is 0 Å². The molecule has 18 heavy (non-hydrogen) atoms. The Morgan fingerprint density at radius 3 is 3.00 bits per heavy atom. The monoisotopic (exact) mass is 282 g/mol. The van der Waals surface area contributed by atoms with Gasteiger partial charge in [0.1, 0.15) is 0 Å². The molecule has 1 unspecified atom stereocenters. The molecular formula is C14H19ClN2S. The van der Waals surface area contributed by atoms with E-state index < -0.39 is 0 Å². The third-order valence-corrected chi connectivity index (χ3v) is 4.16. The largest absolute Gasteiger partial charge is 0.335 e. The molecule has 2 rings (SSSR count). The van der Waals surface area contributed by atoms with Crippen molar-refractivity contribution >= 4 is 34.2 Å². The van der Waals surface area contributed by atoms with Gasteiger partial charge in [-0.3, -0.25) is 4.99 Å². The van der Waals surface area contributed by atoms with Gasteiger partial charge in [-0.25, -0.2) is 0 Å². The first kappa shape index (κ1) is 13.8. The lowest BCUT2D eigenvalue weighted by Gasteiger charge is -2.09. The molecule has 0 aliphatic carbocycles. The standard InChI is InChI=1S/C14H19ClN2S/c1-9(2)6-12-8-18-14(16-12)17-13-7-11(15)5-4-10(13)3/h4-5,7,9,12H,6,8H2,1-3H3,(H,16,17). The zero-order valence-corrected chi connectivity index (χ0v) is 12.6. The summed E-state index contributed by atoms with van der Waals surface area (Å²) in [5, 5.41) is 5.16. The first-order valence-corrected chi connectivity index (χ1v) is 7.64. The molecule has 0 saturated carbocycles. The summed E-state index contributed by atoms with van der Waals surface area (Å²) in [4.78, 5) is 4.72. The predicted molar refractivity (Wildman–Crippen MR) is 82.9 cm³/mol. The molecule has 1 aromatic carbocycles. The van der Waals surface area contributed by atoms with Gasteiger partial charge in [-0.1, -0.05) is 43.3 Å². The van der Waals surface area contributed by atoms with Gasteiger partial charge in [-0.05, 0) is 37.0 Å². The van der Waals surface area contributed by atoms with Crippen molar-refractivity contribution in [3.05, 3.63) is 28.8 Å². The summed E-state index contributed by atoms with van der Waals surface area (Å²) < 4.78 is 0. The molecule has 0 aromatic heterocycles. The Hall–Kier alpha value is -0.670. The highest BCUT2D eigenvalue weighted by atomic mass is 35.5. The maximum absolute atomic E-state index is 6.01. The Bertz CT molecular complexity index is 457. The minimum Gasteiger partial charge on any atom is -0.335 e. The quantitative estimate of drug-likeness (QED) is 0.878. The molecule has 0 spiro atoms. The van der Waals surface area contributed by atoms with Crippen molar-refractivity contribution in [2.75, 3.05) is 11.1 Å². The number of nitrogens with zero attached hydrogens (tertiary/aromatic N) is 1. The Kier molecular flexibility index (Phi) is 4.57. The zero-order valence-electron chi connectivity index (χ0n) is 11.0. The van der Waals surface area contributed by atoms with Crippen LogP contribution >= 0.6 is 23.4 Å². The highest BCUT2D eigenvalue weighted by Gasteiger charge is 2.19. The van der Waals surface area contributed by atoms with E-state index in [0.29, 0.717) is 12.0 Å². The molecule has 1 heterocycles. The van der Waals surface area contributed by atoms with Gasteiger partial charge in [0, 0.05) is 16.5 Å². The van der Waals surface area contributed by atoms with Gasteiger partial charge >= 0.3 is 0 Å². The van der Waals surface area contributed by atoms with Gasteiger partial charge in [-0.15, -0.1) is 0 Å². The molecular weight excluding hydrogens is 264 g/mol. The van der Waals surface area contributed by atoms with Crippen LogP contribution in [0, 0.1) is 12.8 Å². The summed E-state index contributed by atoms with van der Waals surface area (Å²) in [6.45, 7) is 6.56. The van der Waals surface area contributed by atoms with E-state index in [-0.39, 0.29) is 0 Å². The normalized spacial score (nSPS) is 19.2. The summed E-state index contributed by atoms with van der Waals surface area (Å²) in [5.41, 5.74) is 2.24. The topological polar surface area (TPSA) is 24.4 Å². The number of rotatable bonds is 3. The number of aliphatic imine (C=N–C) groups is 1. The molecule has 0 bridgehead atoms. The fraction of sp³-hybridized carbons (Fsp3) is 0.500. The molecule has 1 atom stereocenters. The Labute approximate surface area is 118 Å². The summed E-state index contributed by atoms with van der Waals surface area (Å²) >= 11 is 7.81. The van der Waals surface area contributed by atoms with Crippen LogP contribution in [0.2, 0.25) is 5.02 Å².